The van der Waals surface area contributed by atoms with E-state index >= 15 is 26.3 Å². The summed E-state index contributed by atoms with van der Waals surface area (Å²) in [6.07, 6.45) is -9.72. The van der Waals surface area contributed by atoms with Gasteiger partial charge in [0.05, 0.1) is 39.5 Å². The Kier molecular flexibility index (Phi) is 10.1. The highest BCUT2D eigenvalue weighted by molar-refractivity contribution is 6.12. The van der Waals surface area contributed by atoms with Crippen molar-refractivity contribution >= 4 is 21.8 Å². The lowest BCUT2D eigenvalue weighted by Crippen LogP contribution is -2.11. The lowest BCUT2D eigenvalue weighted by Gasteiger charge is -2.24. The number of fused-ring (bicyclic) bond motifs is 3. The summed E-state index contributed by atoms with van der Waals surface area (Å²) >= 11 is 0. The summed E-state index contributed by atoms with van der Waals surface area (Å²) in [5.74, 6) is 0.553. The number of hydrogen-bond acceptors (Lipinski definition) is 4. The maximum Gasteiger partial charge on any atom is 0.417 e. The molecule has 10 aromatic rings. The van der Waals surface area contributed by atoms with E-state index in [1.54, 1.807) is 28.8 Å². The van der Waals surface area contributed by atoms with E-state index in [4.69, 9.17) is 15.0 Å². The van der Waals surface area contributed by atoms with Crippen LogP contribution >= 0.6 is 0 Å². The number of rotatable bonds is 7. The number of nitriles is 1. The fourth-order valence-corrected chi connectivity index (χ4v) is 8.41. The molecule has 11 heteroatoms. The van der Waals surface area contributed by atoms with E-state index in [0.717, 1.165) is 23.3 Å². The molecule has 0 bridgehead atoms. The second kappa shape index (κ2) is 16.1. The quantitative estimate of drug-likeness (QED) is 0.150. The third kappa shape index (κ3) is 7.55. The van der Waals surface area contributed by atoms with E-state index < -0.39 is 23.5 Å². The van der Waals surface area contributed by atoms with Crippen LogP contribution in [0.5, 0.6) is 0 Å². The summed E-state index contributed by atoms with van der Waals surface area (Å²) in [5.41, 5.74) is 2.16. The summed E-state index contributed by atoms with van der Waals surface area (Å²) in [6, 6.07) is 53.4. The molecule has 0 saturated carbocycles. The van der Waals surface area contributed by atoms with Crippen LogP contribution in [-0.2, 0) is 12.4 Å². The number of para-hydroxylation sites is 1. The fraction of sp³-hybridized carbons (Fsp3) is 0.0370. The van der Waals surface area contributed by atoms with Crippen molar-refractivity contribution in [1.29, 1.82) is 5.26 Å². The van der Waals surface area contributed by atoms with Gasteiger partial charge in [-0.15, -0.1) is 0 Å². The maximum absolute atomic E-state index is 15.3. The lowest BCUT2D eigenvalue weighted by atomic mass is 9.88. The minimum Gasteiger partial charge on any atom is -0.308 e. The molecule has 0 saturated heterocycles. The maximum atomic E-state index is 15.3. The summed E-state index contributed by atoms with van der Waals surface area (Å²) in [7, 11) is 0. The number of benzene rings is 8. The summed E-state index contributed by atoms with van der Waals surface area (Å²) in [4.78, 5) is 14.5. The lowest BCUT2D eigenvalue weighted by molar-refractivity contribution is -0.137. The second-order valence-electron chi connectivity index (χ2n) is 15.3. The molecule has 0 amide bonds. The van der Waals surface area contributed by atoms with Crippen molar-refractivity contribution in [3.05, 3.63) is 205 Å². The van der Waals surface area contributed by atoms with Gasteiger partial charge in [0.2, 0.25) is 0 Å². The van der Waals surface area contributed by atoms with Crippen LogP contribution in [0.25, 0.3) is 95.0 Å². The number of aromatic nitrogens is 4. The molecule has 8 aromatic carbocycles. The first kappa shape index (κ1) is 40.7. The van der Waals surface area contributed by atoms with Gasteiger partial charge in [-0.05, 0) is 76.9 Å². The Labute approximate surface area is 368 Å². The van der Waals surface area contributed by atoms with Gasteiger partial charge in [0.15, 0.2) is 17.5 Å². The summed E-state index contributed by atoms with van der Waals surface area (Å²) in [6.45, 7) is 0. The van der Waals surface area contributed by atoms with Crippen LogP contribution in [0.4, 0.5) is 26.3 Å². The first-order chi connectivity index (χ1) is 31.5. The van der Waals surface area contributed by atoms with Crippen molar-refractivity contribution in [2.45, 2.75) is 12.4 Å². The van der Waals surface area contributed by atoms with E-state index in [2.05, 4.69) is 6.07 Å². The Balaban J connectivity index is 1.36. The van der Waals surface area contributed by atoms with Gasteiger partial charge in [-0.25, -0.2) is 15.0 Å². The Morgan fingerprint density at radius 1 is 0.385 bits per heavy atom. The standard InChI is InChI=1S/C54H31F6N5/c55-53(56,57)45-20-10-7-17-39(45)43-30-38(52-63-50(35-13-3-1-4-14-35)62-51(64-52)36-15-5-2-6-16-36)31-44(40-18-8-11-21-46(40)54(58,59)60)49(43)65-47-22-12-9-19-41(47)42-29-37(27-28-48(42)65)34-25-23-33(32-61)24-26-34/h1-31H. The topological polar surface area (TPSA) is 67.4 Å². The van der Waals surface area contributed by atoms with Crippen molar-refractivity contribution in [3.8, 4) is 79.3 Å². The first-order valence-corrected chi connectivity index (χ1v) is 20.4. The predicted molar refractivity (Wildman–Crippen MR) is 242 cm³/mol. The van der Waals surface area contributed by atoms with Gasteiger partial charge in [0.25, 0.3) is 0 Å². The van der Waals surface area contributed by atoms with E-state index in [1.807, 2.05) is 103 Å². The third-order valence-corrected chi connectivity index (χ3v) is 11.4. The van der Waals surface area contributed by atoms with Crippen molar-refractivity contribution in [1.82, 2.24) is 19.5 Å². The number of alkyl halides is 6. The average Bonchev–Trinajstić information content (AvgIpc) is 3.66. The van der Waals surface area contributed by atoms with E-state index in [0.29, 0.717) is 38.5 Å². The van der Waals surface area contributed by atoms with Gasteiger partial charge in [-0.1, -0.05) is 133 Å². The molecule has 314 valence electrons. The highest BCUT2D eigenvalue weighted by atomic mass is 19.4. The molecule has 10 rings (SSSR count). The molecule has 0 aliphatic rings. The average molecular weight is 864 g/mol. The van der Waals surface area contributed by atoms with Crippen LogP contribution in [0.2, 0.25) is 0 Å². The normalized spacial score (nSPS) is 11.8. The molecule has 2 heterocycles. The monoisotopic (exact) mass is 863 g/mol. The zero-order chi connectivity index (χ0) is 44.9. The third-order valence-electron chi connectivity index (χ3n) is 11.4. The Bertz CT molecular complexity index is 3330. The van der Waals surface area contributed by atoms with E-state index in [-0.39, 0.29) is 51.0 Å². The molecule has 0 spiro atoms. The Morgan fingerprint density at radius 2 is 0.831 bits per heavy atom. The Hall–Kier alpha value is -8.36. The largest absolute Gasteiger partial charge is 0.417 e. The molecule has 0 unspecified atom stereocenters. The number of hydrogen-bond donors (Lipinski definition) is 0. The predicted octanol–water partition coefficient (Wildman–Crippen LogP) is 14.9. The minimum atomic E-state index is -4.86. The molecule has 0 aliphatic carbocycles. The minimum absolute atomic E-state index is 0.0100. The van der Waals surface area contributed by atoms with Crippen LogP contribution in [0.1, 0.15) is 16.7 Å². The molecule has 0 N–H and O–H groups in total. The first-order valence-electron chi connectivity index (χ1n) is 20.4. The van der Waals surface area contributed by atoms with Crippen LogP contribution in [0.3, 0.4) is 0 Å². The summed E-state index contributed by atoms with van der Waals surface area (Å²) < 4.78 is 93.6. The van der Waals surface area contributed by atoms with Crippen molar-refractivity contribution in [2.24, 2.45) is 0 Å². The van der Waals surface area contributed by atoms with Crippen molar-refractivity contribution < 1.29 is 26.3 Å². The Morgan fingerprint density at radius 3 is 1.35 bits per heavy atom. The molecule has 2 aromatic heterocycles. The fourth-order valence-electron chi connectivity index (χ4n) is 8.41. The smallest absolute Gasteiger partial charge is 0.308 e. The zero-order valence-corrected chi connectivity index (χ0v) is 33.9. The molecular formula is C54H31F6N5. The van der Waals surface area contributed by atoms with Crippen LogP contribution < -0.4 is 0 Å². The second-order valence-corrected chi connectivity index (χ2v) is 15.3. The number of halogens is 6. The van der Waals surface area contributed by atoms with Gasteiger partial charge < -0.3 is 4.57 Å². The zero-order valence-electron chi connectivity index (χ0n) is 33.9. The molecule has 0 aliphatic heterocycles. The van der Waals surface area contributed by atoms with Gasteiger partial charge in [0.1, 0.15) is 0 Å². The SMILES string of the molecule is N#Cc1ccc(-c2ccc3c(c2)c2ccccc2n3-c2c(-c3ccccc3C(F)(F)F)cc(-c3nc(-c4ccccc4)nc(-c4ccccc4)n3)cc2-c2ccccc2C(F)(F)F)cc1. The van der Waals surface area contributed by atoms with Gasteiger partial charge >= 0.3 is 12.4 Å². The van der Waals surface area contributed by atoms with Crippen LogP contribution in [-0.4, -0.2) is 19.5 Å². The number of nitrogens with zero attached hydrogens (tertiary/aromatic N) is 5. The van der Waals surface area contributed by atoms with Gasteiger partial charge in [0, 0.05) is 38.6 Å². The van der Waals surface area contributed by atoms with Gasteiger partial charge in [-0.2, -0.15) is 31.6 Å². The highest BCUT2D eigenvalue weighted by Crippen LogP contribution is 2.49. The van der Waals surface area contributed by atoms with Crippen LogP contribution in [0.15, 0.2) is 188 Å². The van der Waals surface area contributed by atoms with Gasteiger partial charge in [-0.3, -0.25) is 0 Å². The van der Waals surface area contributed by atoms with E-state index in [1.165, 1.54) is 48.5 Å². The molecular weight excluding hydrogens is 833 g/mol. The molecule has 0 radical (unpaired) electrons. The molecule has 65 heavy (non-hydrogen) atoms. The highest BCUT2D eigenvalue weighted by Gasteiger charge is 2.37. The van der Waals surface area contributed by atoms with Crippen molar-refractivity contribution in [2.75, 3.05) is 0 Å². The molecule has 5 nitrogen and oxygen atoms in total. The summed E-state index contributed by atoms with van der Waals surface area (Å²) in [5, 5.41) is 10.8. The van der Waals surface area contributed by atoms with Crippen molar-refractivity contribution in [3.63, 3.8) is 0 Å². The molecule has 0 atom stereocenters. The van der Waals surface area contributed by atoms with Crippen LogP contribution in [0, 0.1) is 11.3 Å². The molecule has 0 fully saturated rings. The van der Waals surface area contributed by atoms with E-state index in [9.17, 15) is 5.26 Å².